The first kappa shape index (κ1) is 18.1. The summed E-state index contributed by atoms with van der Waals surface area (Å²) in [6.07, 6.45) is 4.11. The van der Waals surface area contributed by atoms with Crippen molar-refractivity contribution in [1.82, 2.24) is 9.88 Å². The van der Waals surface area contributed by atoms with Gasteiger partial charge in [0.15, 0.2) is 0 Å². The van der Waals surface area contributed by atoms with Crippen LogP contribution in [-0.2, 0) is 6.54 Å². The van der Waals surface area contributed by atoms with Gasteiger partial charge in [0.25, 0.3) is 0 Å². The zero-order valence-corrected chi connectivity index (χ0v) is 16.2. The lowest BCUT2D eigenvalue weighted by atomic mass is 10.0. The molecule has 1 saturated heterocycles. The standard InChI is InChI=1S/C22H24ClN3O/c1-27-19-5-2-16(3-6-19)15-26-12-9-18(10-13-26)25-21-8-11-24-22-14-17(23)4-7-20(21)22/h2-8,11,14,18H,9-10,12-13,15H2,1H3,(H,24,25). The van der Waals surface area contributed by atoms with E-state index < -0.39 is 0 Å². The summed E-state index contributed by atoms with van der Waals surface area (Å²) in [7, 11) is 1.70. The highest BCUT2D eigenvalue weighted by atomic mass is 35.5. The Morgan fingerprint density at radius 3 is 2.63 bits per heavy atom. The second-order valence-corrected chi connectivity index (χ2v) is 7.50. The molecule has 1 aromatic heterocycles. The number of rotatable bonds is 5. The van der Waals surface area contributed by atoms with Gasteiger partial charge < -0.3 is 10.1 Å². The molecule has 4 rings (SSSR count). The molecule has 0 spiro atoms. The average Bonchev–Trinajstić information content (AvgIpc) is 2.70. The molecule has 0 radical (unpaired) electrons. The van der Waals surface area contributed by atoms with Crippen LogP contribution in [0.1, 0.15) is 18.4 Å². The topological polar surface area (TPSA) is 37.4 Å². The van der Waals surface area contributed by atoms with Crippen LogP contribution in [0.2, 0.25) is 5.02 Å². The van der Waals surface area contributed by atoms with Crippen molar-refractivity contribution < 1.29 is 4.74 Å². The maximum Gasteiger partial charge on any atom is 0.118 e. The maximum absolute atomic E-state index is 6.09. The Labute approximate surface area is 165 Å². The summed E-state index contributed by atoms with van der Waals surface area (Å²) in [5.41, 5.74) is 3.41. The van der Waals surface area contributed by atoms with E-state index in [0.717, 1.165) is 59.8 Å². The van der Waals surface area contributed by atoms with Gasteiger partial charge in [0, 0.05) is 48.0 Å². The molecule has 3 aromatic rings. The molecule has 2 heterocycles. The Morgan fingerprint density at radius 2 is 1.89 bits per heavy atom. The first-order valence-corrected chi connectivity index (χ1v) is 9.75. The molecule has 0 atom stereocenters. The Morgan fingerprint density at radius 1 is 1.11 bits per heavy atom. The Balaban J connectivity index is 1.35. The summed E-state index contributed by atoms with van der Waals surface area (Å²) >= 11 is 6.09. The van der Waals surface area contributed by atoms with Crippen molar-refractivity contribution in [2.45, 2.75) is 25.4 Å². The summed E-state index contributed by atoms with van der Waals surface area (Å²) in [5, 5.41) is 5.57. The fourth-order valence-electron chi connectivity index (χ4n) is 3.69. The second kappa shape index (κ2) is 8.15. The third-order valence-corrected chi connectivity index (χ3v) is 5.45. The largest absolute Gasteiger partial charge is 0.497 e. The van der Waals surface area contributed by atoms with Gasteiger partial charge in [-0.25, -0.2) is 0 Å². The smallest absolute Gasteiger partial charge is 0.118 e. The van der Waals surface area contributed by atoms with Gasteiger partial charge >= 0.3 is 0 Å². The minimum Gasteiger partial charge on any atom is -0.497 e. The lowest BCUT2D eigenvalue weighted by Gasteiger charge is -2.33. The number of nitrogens with one attached hydrogen (secondary N) is 1. The molecule has 1 fully saturated rings. The number of ether oxygens (including phenoxy) is 1. The van der Waals surface area contributed by atoms with Crippen molar-refractivity contribution in [3.8, 4) is 5.75 Å². The summed E-state index contributed by atoms with van der Waals surface area (Å²) in [6.45, 7) is 3.19. The number of methoxy groups -OCH3 is 1. The third kappa shape index (κ3) is 4.34. The van der Waals surface area contributed by atoms with Crippen LogP contribution in [0, 0.1) is 0 Å². The van der Waals surface area contributed by atoms with E-state index in [9.17, 15) is 0 Å². The van der Waals surface area contributed by atoms with E-state index in [-0.39, 0.29) is 0 Å². The lowest BCUT2D eigenvalue weighted by Crippen LogP contribution is -2.38. The monoisotopic (exact) mass is 381 g/mol. The van der Waals surface area contributed by atoms with Crippen LogP contribution in [0.25, 0.3) is 10.9 Å². The van der Waals surface area contributed by atoms with Gasteiger partial charge in [-0.05, 0) is 54.8 Å². The number of halogens is 1. The van der Waals surface area contributed by atoms with Crippen LogP contribution in [-0.4, -0.2) is 36.1 Å². The van der Waals surface area contributed by atoms with Gasteiger partial charge in [-0.15, -0.1) is 0 Å². The summed E-state index contributed by atoms with van der Waals surface area (Å²) in [4.78, 5) is 6.94. The molecule has 2 aromatic carbocycles. The summed E-state index contributed by atoms with van der Waals surface area (Å²) in [6, 6.07) is 16.8. The molecule has 0 unspecified atom stereocenters. The molecule has 0 amide bonds. The first-order chi connectivity index (χ1) is 13.2. The van der Waals surface area contributed by atoms with Crippen molar-refractivity contribution in [2.24, 2.45) is 0 Å². The fourth-order valence-corrected chi connectivity index (χ4v) is 3.86. The highest BCUT2D eigenvalue weighted by molar-refractivity contribution is 6.31. The molecule has 1 aliphatic heterocycles. The van der Waals surface area contributed by atoms with Gasteiger partial charge in [-0.1, -0.05) is 23.7 Å². The lowest BCUT2D eigenvalue weighted by molar-refractivity contribution is 0.211. The number of aromatic nitrogens is 1. The molecule has 140 valence electrons. The number of piperidine rings is 1. The molecule has 27 heavy (non-hydrogen) atoms. The van der Waals surface area contributed by atoms with Gasteiger partial charge in [-0.3, -0.25) is 9.88 Å². The van der Waals surface area contributed by atoms with Gasteiger partial charge in [0.2, 0.25) is 0 Å². The molecule has 0 bridgehead atoms. The highest BCUT2D eigenvalue weighted by Crippen LogP contribution is 2.26. The van der Waals surface area contributed by atoms with Crippen LogP contribution in [0.5, 0.6) is 5.75 Å². The molecule has 1 aliphatic rings. The van der Waals surface area contributed by atoms with Gasteiger partial charge in [0.05, 0.1) is 12.6 Å². The van der Waals surface area contributed by atoms with Crippen molar-refractivity contribution in [3.05, 3.63) is 65.3 Å². The van der Waals surface area contributed by atoms with Crippen molar-refractivity contribution in [2.75, 3.05) is 25.5 Å². The molecule has 4 nitrogen and oxygen atoms in total. The number of anilines is 1. The molecule has 0 aliphatic carbocycles. The number of benzene rings is 2. The van der Waals surface area contributed by atoms with E-state index in [2.05, 4.69) is 33.4 Å². The molecule has 1 N–H and O–H groups in total. The van der Waals surface area contributed by atoms with E-state index >= 15 is 0 Å². The van der Waals surface area contributed by atoms with Crippen molar-refractivity contribution in [1.29, 1.82) is 0 Å². The number of hydrogen-bond donors (Lipinski definition) is 1. The van der Waals surface area contributed by atoms with Crippen molar-refractivity contribution >= 4 is 28.2 Å². The van der Waals surface area contributed by atoms with Crippen LogP contribution in [0.15, 0.2) is 54.7 Å². The highest BCUT2D eigenvalue weighted by Gasteiger charge is 2.19. The van der Waals surface area contributed by atoms with E-state index in [0.29, 0.717) is 6.04 Å². The fraction of sp³-hybridized carbons (Fsp3) is 0.318. The first-order valence-electron chi connectivity index (χ1n) is 9.37. The summed E-state index contributed by atoms with van der Waals surface area (Å²) in [5.74, 6) is 0.910. The van der Waals surface area contributed by atoms with E-state index in [1.807, 2.05) is 36.5 Å². The quantitative estimate of drug-likeness (QED) is 0.676. The molecular weight excluding hydrogens is 358 g/mol. The minimum atomic E-state index is 0.485. The SMILES string of the molecule is COc1ccc(CN2CCC(Nc3ccnc4cc(Cl)ccc34)CC2)cc1. The number of nitrogens with zero attached hydrogens (tertiary/aromatic N) is 2. The van der Waals surface area contributed by atoms with Crippen LogP contribution in [0.3, 0.4) is 0 Å². The number of likely N-dealkylation sites (tertiary alicyclic amines) is 1. The number of fused-ring (bicyclic) bond motifs is 1. The van der Waals surface area contributed by atoms with E-state index in [1.54, 1.807) is 7.11 Å². The number of pyridine rings is 1. The normalized spacial score (nSPS) is 15.8. The Hall–Kier alpha value is -2.30. The van der Waals surface area contributed by atoms with E-state index in [1.165, 1.54) is 5.56 Å². The Bertz CT molecular complexity index is 905. The Kier molecular flexibility index (Phi) is 5.46. The number of hydrogen-bond acceptors (Lipinski definition) is 4. The van der Waals surface area contributed by atoms with Gasteiger partial charge in [-0.2, -0.15) is 0 Å². The maximum atomic E-state index is 6.09. The van der Waals surface area contributed by atoms with Crippen LogP contribution >= 0.6 is 11.6 Å². The average molecular weight is 382 g/mol. The summed E-state index contributed by atoms with van der Waals surface area (Å²) < 4.78 is 5.23. The zero-order chi connectivity index (χ0) is 18.6. The zero-order valence-electron chi connectivity index (χ0n) is 15.5. The van der Waals surface area contributed by atoms with E-state index in [4.69, 9.17) is 16.3 Å². The third-order valence-electron chi connectivity index (χ3n) is 5.22. The van der Waals surface area contributed by atoms with Crippen LogP contribution in [0.4, 0.5) is 5.69 Å². The second-order valence-electron chi connectivity index (χ2n) is 7.06. The minimum absolute atomic E-state index is 0.485. The molecule has 0 saturated carbocycles. The predicted molar refractivity (Wildman–Crippen MR) is 112 cm³/mol. The predicted octanol–water partition coefficient (Wildman–Crippen LogP) is 4.97. The molecular formula is C22H24ClN3O. The van der Waals surface area contributed by atoms with Crippen LogP contribution < -0.4 is 10.1 Å². The van der Waals surface area contributed by atoms with Crippen molar-refractivity contribution in [3.63, 3.8) is 0 Å². The van der Waals surface area contributed by atoms with Gasteiger partial charge in [0.1, 0.15) is 5.75 Å². The molecule has 5 heteroatoms.